The summed E-state index contributed by atoms with van der Waals surface area (Å²) in [6.07, 6.45) is 3.63. The molecule has 2 aliphatic rings. The summed E-state index contributed by atoms with van der Waals surface area (Å²) < 4.78 is 5.31. The molecule has 2 heterocycles. The summed E-state index contributed by atoms with van der Waals surface area (Å²) in [5, 5.41) is 0.812. The smallest absolute Gasteiger partial charge is 0.363 e. The van der Waals surface area contributed by atoms with Crippen LogP contribution in [0.5, 0.6) is 0 Å². The van der Waals surface area contributed by atoms with Gasteiger partial charge in [-0.25, -0.2) is 9.79 Å². The van der Waals surface area contributed by atoms with E-state index in [9.17, 15) is 4.79 Å². The molecule has 0 saturated heterocycles. The first-order valence-corrected chi connectivity index (χ1v) is 9.56. The molecule has 0 aromatic heterocycles. The van der Waals surface area contributed by atoms with Gasteiger partial charge in [-0.05, 0) is 42.0 Å². The Morgan fingerprint density at radius 1 is 1.07 bits per heavy atom. The van der Waals surface area contributed by atoms with Gasteiger partial charge >= 0.3 is 5.97 Å². The van der Waals surface area contributed by atoms with Crippen LogP contribution in [0.25, 0.3) is 0 Å². The zero-order valence-corrected chi connectivity index (χ0v) is 17.2. The Bertz CT molecular complexity index is 1080. The van der Waals surface area contributed by atoms with Crippen LogP contribution < -0.4 is 4.90 Å². The van der Waals surface area contributed by atoms with Crippen LogP contribution in [0.3, 0.4) is 0 Å². The number of para-hydroxylation sites is 1. The maximum absolute atomic E-state index is 12.3. The molecule has 0 spiro atoms. The highest BCUT2D eigenvalue weighted by atomic mass is 35.5. The van der Waals surface area contributed by atoms with E-state index in [-0.39, 0.29) is 17.0 Å². The van der Waals surface area contributed by atoms with Crippen molar-refractivity contribution in [3.8, 4) is 0 Å². The minimum Gasteiger partial charge on any atom is -0.402 e. The van der Waals surface area contributed by atoms with Crippen LogP contribution in [0.15, 0.2) is 71.0 Å². The molecule has 28 heavy (non-hydrogen) atoms. The fourth-order valence-electron chi connectivity index (χ4n) is 3.64. The van der Waals surface area contributed by atoms with Crippen molar-refractivity contribution in [1.82, 2.24) is 0 Å². The number of rotatable bonds is 2. The first kappa shape index (κ1) is 18.8. The number of carbonyl (C=O) groups excluding carboxylic acids is 1. The molecule has 0 amide bonds. The van der Waals surface area contributed by atoms with Gasteiger partial charge in [-0.1, -0.05) is 55.2 Å². The van der Waals surface area contributed by atoms with Gasteiger partial charge in [-0.15, -0.1) is 0 Å². The van der Waals surface area contributed by atoms with Crippen LogP contribution >= 0.6 is 23.2 Å². The summed E-state index contributed by atoms with van der Waals surface area (Å²) >= 11 is 12.0. The zero-order chi connectivity index (χ0) is 20.1. The molecule has 0 radical (unpaired) electrons. The molecule has 2 aromatic carbocycles. The number of hydrogen-bond donors (Lipinski definition) is 0. The lowest BCUT2D eigenvalue weighted by atomic mass is 9.84. The predicted molar refractivity (Wildman–Crippen MR) is 113 cm³/mol. The summed E-state index contributed by atoms with van der Waals surface area (Å²) in [4.78, 5) is 18.7. The Hall–Kier alpha value is -2.56. The second-order valence-electron chi connectivity index (χ2n) is 7.24. The predicted octanol–water partition coefficient (Wildman–Crippen LogP) is 5.49. The fourth-order valence-corrected chi connectivity index (χ4v) is 3.93. The van der Waals surface area contributed by atoms with Crippen molar-refractivity contribution >= 4 is 40.8 Å². The van der Waals surface area contributed by atoms with E-state index in [1.54, 1.807) is 24.3 Å². The number of ether oxygens (including phenoxy) is 1. The van der Waals surface area contributed by atoms with Crippen LogP contribution in [0.4, 0.5) is 5.69 Å². The molecule has 6 heteroatoms. The van der Waals surface area contributed by atoms with E-state index in [4.69, 9.17) is 27.9 Å². The first-order valence-electron chi connectivity index (χ1n) is 8.81. The Labute approximate surface area is 173 Å². The number of likely N-dealkylation sites (N-methyl/N-ethyl adjacent to an activating group) is 1. The number of allylic oxidation sites excluding steroid dienone is 3. The molecule has 142 valence electrons. The van der Waals surface area contributed by atoms with Gasteiger partial charge in [0.15, 0.2) is 5.70 Å². The average Bonchev–Trinajstić information content (AvgIpc) is 3.12. The third kappa shape index (κ3) is 3.03. The van der Waals surface area contributed by atoms with E-state index in [0.717, 1.165) is 11.4 Å². The highest BCUT2D eigenvalue weighted by Gasteiger charge is 2.38. The molecule has 0 N–H and O–H groups in total. The third-order valence-electron chi connectivity index (χ3n) is 5.13. The van der Waals surface area contributed by atoms with Gasteiger partial charge in [0.05, 0.1) is 10.0 Å². The average molecular weight is 413 g/mol. The van der Waals surface area contributed by atoms with Gasteiger partial charge in [-0.2, -0.15) is 0 Å². The van der Waals surface area contributed by atoms with Crippen molar-refractivity contribution in [2.75, 3.05) is 11.9 Å². The van der Waals surface area contributed by atoms with Gasteiger partial charge in [-0.3, -0.25) is 0 Å². The normalized spacial score (nSPS) is 20.5. The zero-order valence-electron chi connectivity index (χ0n) is 15.7. The van der Waals surface area contributed by atoms with E-state index in [1.165, 1.54) is 5.56 Å². The maximum atomic E-state index is 12.3. The molecular weight excluding hydrogens is 395 g/mol. The van der Waals surface area contributed by atoms with Crippen molar-refractivity contribution in [3.63, 3.8) is 0 Å². The van der Waals surface area contributed by atoms with E-state index in [1.807, 2.05) is 25.3 Å². The molecule has 0 fully saturated rings. The molecule has 4 nitrogen and oxygen atoms in total. The highest BCUT2D eigenvalue weighted by molar-refractivity contribution is 6.42. The third-order valence-corrected chi connectivity index (χ3v) is 5.87. The molecule has 0 bridgehead atoms. The van der Waals surface area contributed by atoms with Crippen LogP contribution in [0.2, 0.25) is 10.0 Å². The molecule has 4 rings (SSSR count). The molecule has 0 aliphatic carbocycles. The molecule has 2 aliphatic heterocycles. The van der Waals surface area contributed by atoms with E-state index in [2.05, 4.69) is 35.9 Å². The van der Waals surface area contributed by atoms with Crippen LogP contribution in [-0.2, 0) is 14.9 Å². The number of carbonyl (C=O) groups is 1. The minimum atomic E-state index is -0.492. The lowest BCUT2D eigenvalue weighted by Crippen LogP contribution is -2.22. The highest BCUT2D eigenvalue weighted by Crippen LogP contribution is 2.46. The second-order valence-corrected chi connectivity index (χ2v) is 8.05. The lowest BCUT2D eigenvalue weighted by molar-refractivity contribution is -0.130. The quantitative estimate of drug-likeness (QED) is 0.483. The number of anilines is 1. The number of fused-ring (bicyclic) bond motifs is 1. The topological polar surface area (TPSA) is 41.9 Å². The minimum absolute atomic E-state index is 0.179. The molecular formula is C22H18Cl2N2O2. The number of halogens is 2. The molecule has 0 saturated carbocycles. The largest absolute Gasteiger partial charge is 0.402 e. The number of cyclic esters (lactones) is 1. The SMILES string of the molecule is CN1/C(=C\C=C2\N=C(c3ccc(Cl)c(Cl)c3)OC2=O)C(C)(C)c2ccccc21. The molecule has 0 atom stereocenters. The summed E-state index contributed by atoms with van der Waals surface area (Å²) in [5.74, 6) is -0.274. The van der Waals surface area contributed by atoms with Crippen molar-refractivity contribution in [1.29, 1.82) is 0 Å². The Balaban J connectivity index is 1.69. The number of esters is 1. The Morgan fingerprint density at radius 2 is 1.82 bits per heavy atom. The summed E-state index contributed by atoms with van der Waals surface area (Å²) in [6, 6.07) is 13.3. The van der Waals surface area contributed by atoms with Crippen LogP contribution in [-0.4, -0.2) is 18.9 Å². The molecule has 2 aromatic rings. The van der Waals surface area contributed by atoms with E-state index >= 15 is 0 Å². The first-order chi connectivity index (χ1) is 13.3. The van der Waals surface area contributed by atoms with Crippen LogP contribution in [0.1, 0.15) is 25.0 Å². The Kier molecular flexibility index (Phi) is 4.56. The van der Waals surface area contributed by atoms with Gasteiger partial charge < -0.3 is 9.64 Å². The van der Waals surface area contributed by atoms with Gasteiger partial charge in [0.25, 0.3) is 0 Å². The van der Waals surface area contributed by atoms with Crippen molar-refractivity contribution in [2.45, 2.75) is 19.3 Å². The number of nitrogens with zero attached hydrogens (tertiary/aromatic N) is 2. The molecule has 0 unspecified atom stereocenters. The number of hydrogen-bond acceptors (Lipinski definition) is 4. The van der Waals surface area contributed by atoms with Crippen molar-refractivity contribution < 1.29 is 9.53 Å². The monoisotopic (exact) mass is 412 g/mol. The van der Waals surface area contributed by atoms with Crippen LogP contribution in [0, 0.1) is 0 Å². The lowest BCUT2D eigenvalue weighted by Gasteiger charge is -2.23. The maximum Gasteiger partial charge on any atom is 0.363 e. The van der Waals surface area contributed by atoms with E-state index < -0.39 is 5.97 Å². The van der Waals surface area contributed by atoms with Gasteiger partial charge in [0.2, 0.25) is 5.90 Å². The van der Waals surface area contributed by atoms with Crippen molar-refractivity contribution in [3.05, 3.63) is 87.2 Å². The fraction of sp³-hybridized carbons (Fsp3) is 0.182. The van der Waals surface area contributed by atoms with Gasteiger partial charge in [0, 0.05) is 29.4 Å². The summed E-state index contributed by atoms with van der Waals surface area (Å²) in [6.45, 7) is 4.33. The van der Waals surface area contributed by atoms with Gasteiger partial charge in [0.1, 0.15) is 0 Å². The second kappa shape index (κ2) is 6.80. The number of aliphatic imine (C=N–C) groups is 1. The number of benzene rings is 2. The Morgan fingerprint density at radius 3 is 2.54 bits per heavy atom. The summed E-state index contributed by atoms with van der Waals surface area (Å²) in [5.41, 5.74) is 4.15. The standard InChI is InChI=1S/C22H18Cl2N2O2/c1-22(2)14-6-4-5-7-18(14)26(3)19(22)11-10-17-21(27)28-20(25-17)13-8-9-15(23)16(24)12-13/h4-12H,1-3H3/b17-10+,19-11-. The van der Waals surface area contributed by atoms with Crippen molar-refractivity contribution in [2.24, 2.45) is 4.99 Å². The van der Waals surface area contributed by atoms with E-state index in [0.29, 0.717) is 15.6 Å². The summed E-state index contributed by atoms with van der Waals surface area (Å²) in [7, 11) is 2.02.